The minimum Gasteiger partial charge on any atom is -0.394 e. The molecule has 0 atom stereocenters. The van der Waals surface area contributed by atoms with Gasteiger partial charge in [-0.3, -0.25) is 9.78 Å². The summed E-state index contributed by atoms with van der Waals surface area (Å²) >= 11 is 0. The predicted molar refractivity (Wildman–Crippen MR) is 98.4 cm³/mol. The van der Waals surface area contributed by atoms with Crippen molar-refractivity contribution in [3.8, 4) is 0 Å². The van der Waals surface area contributed by atoms with E-state index >= 15 is 0 Å². The second-order valence-electron chi connectivity index (χ2n) is 6.04. The molecule has 26 heavy (non-hydrogen) atoms. The smallest absolute Gasteiger partial charge is 0.253 e. The molecule has 140 valence electrons. The maximum atomic E-state index is 12.0. The summed E-state index contributed by atoms with van der Waals surface area (Å²) in [5.74, 6) is 0.375. The van der Waals surface area contributed by atoms with Crippen LogP contribution in [0, 0.1) is 6.92 Å². The third-order valence-electron chi connectivity index (χ3n) is 4.00. The zero-order valence-corrected chi connectivity index (χ0v) is 15.1. The quantitative estimate of drug-likeness (QED) is 0.632. The van der Waals surface area contributed by atoms with E-state index in [1.807, 2.05) is 19.1 Å². The van der Waals surface area contributed by atoms with E-state index in [1.165, 1.54) is 6.20 Å². The molecular formula is C19H25N3O4. The number of aliphatic hydroxyl groups excluding tert-OH is 2. The summed E-state index contributed by atoms with van der Waals surface area (Å²) in [5, 5.41) is 24.7. The van der Waals surface area contributed by atoms with Gasteiger partial charge < -0.3 is 20.1 Å². The largest absolute Gasteiger partial charge is 0.394 e. The Balaban J connectivity index is 2.06. The van der Waals surface area contributed by atoms with Crippen LogP contribution in [-0.2, 0) is 6.42 Å². The Morgan fingerprint density at radius 2 is 2.08 bits per heavy atom. The van der Waals surface area contributed by atoms with Crippen LogP contribution >= 0.6 is 0 Å². The molecule has 2 heterocycles. The number of nitrogens with one attached hydrogen (secondary N) is 1. The van der Waals surface area contributed by atoms with Crippen LogP contribution in [0.5, 0.6) is 0 Å². The van der Waals surface area contributed by atoms with Crippen LogP contribution in [0.1, 0.15) is 52.8 Å². The van der Waals surface area contributed by atoms with Gasteiger partial charge in [-0.05, 0) is 44.1 Å². The molecule has 7 nitrogen and oxygen atoms in total. The first-order valence-electron chi connectivity index (χ1n) is 8.70. The first kappa shape index (κ1) is 19.8. The average molecular weight is 359 g/mol. The number of aliphatic hydroxyl groups is 2. The van der Waals surface area contributed by atoms with E-state index in [-0.39, 0.29) is 13.2 Å². The van der Waals surface area contributed by atoms with E-state index < -0.39 is 11.9 Å². The third-order valence-corrected chi connectivity index (χ3v) is 4.00. The van der Waals surface area contributed by atoms with E-state index in [0.29, 0.717) is 11.3 Å². The fourth-order valence-corrected chi connectivity index (χ4v) is 2.39. The minimum atomic E-state index is -0.680. The number of unbranched alkanes of at least 4 members (excludes halogenated alkanes) is 1. The van der Waals surface area contributed by atoms with Gasteiger partial charge in [-0.1, -0.05) is 18.5 Å². The average Bonchev–Trinajstić information content (AvgIpc) is 3.02. The van der Waals surface area contributed by atoms with E-state index in [0.717, 1.165) is 36.3 Å². The summed E-state index contributed by atoms with van der Waals surface area (Å²) in [5.41, 5.74) is 2.97. The zero-order chi connectivity index (χ0) is 18.9. The highest BCUT2D eigenvalue weighted by Gasteiger charge is 2.12. The van der Waals surface area contributed by atoms with Gasteiger partial charge in [0.05, 0.1) is 36.2 Å². The van der Waals surface area contributed by atoms with Gasteiger partial charge in [-0.2, -0.15) is 0 Å². The number of amides is 1. The molecule has 0 aliphatic rings. The van der Waals surface area contributed by atoms with Crippen molar-refractivity contribution in [1.82, 2.24) is 15.5 Å². The van der Waals surface area contributed by atoms with Gasteiger partial charge in [0.25, 0.3) is 5.91 Å². The number of hydrogen-bond donors (Lipinski definition) is 3. The number of carbonyl (C=O) groups is 1. The van der Waals surface area contributed by atoms with Crippen LogP contribution in [0.2, 0.25) is 0 Å². The second-order valence-corrected chi connectivity index (χ2v) is 6.04. The fourth-order valence-electron chi connectivity index (χ4n) is 2.39. The van der Waals surface area contributed by atoms with E-state index in [9.17, 15) is 4.79 Å². The molecule has 2 rings (SSSR count). The Morgan fingerprint density at radius 3 is 2.69 bits per heavy atom. The highest BCUT2D eigenvalue weighted by Crippen LogP contribution is 2.18. The highest BCUT2D eigenvalue weighted by molar-refractivity contribution is 5.94. The lowest BCUT2D eigenvalue weighted by atomic mass is 10.1. The number of pyridine rings is 1. The van der Waals surface area contributed by atoms with Crippen molar-refractivity contribution in [2.75, 3.05) is 13.2 Å². The van der Waals surface area contributed by atoms with Gasteiger partial charge in [0.2, 0.25) is 0 Å². The van der Waals surface area contributed by atoms with Gasteiger partial charge in [0.15, 0.2) is 0 Å². The molecule has 0 fully saturated rings. The standard InChI is InChI=1S/C19H25N3O4/c1-3-4-5-18-17(13(2)26-22-18)9-8-15-7-6-14(10-20-15)19(25)21-16(11-23)12-24/h6-10,16,23-24H,3-5,11-12H2,1-2H3,(H,21,25)/b9-8+. The molecule has 0 aliphatic carbocycles. The van der Waals surface area contributed by atoms with Crippen LogP contribution in [0.25, 0.3) is 12.2 Å². The molecule has 0 saturated carbocycles. The number of nitrogens with zero attached hydrogens (tertiary/aromatic N) is 2. The van der Waals surface area contributed by atoms with Crippen molar-refractivity contribution in [2.45, 2.75) is 39.2 Å². The summed E-state index contributed by atoms with van der Waals surface area (Å²) in [4.78, 5) is 16.3. The van der Waals surface area contributed by atoms with Gasteiger partial charge in [-0.25, -0.2) is 0 Å². The summed E-state index contributed by atoms with van der Waals surface area (Å²) in [6.07, 6.45) is 8.24. The first-order valence-corrected chi connectivity index (χ1v) is 8.70. The molecule has 3 N–H and O–H groups in total. The number of rotatable bonds is 9. The summed E-state index contributed by atoms with van der Waals surface area (Å²) < 4.78 is 5.27. The van der Waals surface area contributed by atoms with E-state index in [4.69, 9.17) is 14.7 Å². The normalized spacial score (nSPS) is 11.4. The summed E-state index contributed by atoms with van der Waals surface area (Å²) in [6, 6.07) is 2.69. The third kappa shape index (κ3) is 5.24. The fraction of sp³-hybridized carbons (Fsp3) is 0.421. The molecule has 0 aliphatic heterocycles. The Labute approximate surface area is 152 Å². The molecule has 2 aromatic rings. The molecule has 0 radical (unpaired) electrons. The SMILES string of the molecule is CCCCc1noc(C)c1/C=C/c1ccc(C(=O)NC(CO)CO)cn1. The molecule has 0 unspecified atom stereocenters. The maximum absolute atomic E-state index is 12.0. The van der Waals surface area contributed by atoms with Crippen LogP contribution in [-0.4, -0.2) is 45.5 Å². The lowest BCUT2D eigenvalue weighted by Gasteiger charge is -2.12. The highest BCUT2D eigenvalue weighted by atomic mass is 16.5. The Morgan fingerprint density at radius 1 is 1.31 bits per heavy atom. The molecular weight excluding hydrogens is 334 g/mol. The van der Waals surface area contributed by atoms with Gasteiger partial charge in [0, 0.05) is 11.8 Å². The Bertz CT molecular complexity index is 734. The monoisotopic (exact) mass is 359 g/mol. The van der Waals surface area contributed by atoms with Gasteiger partial charge in [0.1, 0.15) is 5.76 Å². The van der Waals surface area contributed by atoms with Crippen LogP contribution in [0.15, 0.2) is 22.9 Å². The number of hydrogen-bond acceptors (Lipinski definition) is 6. The molecule has 2 aromatic heterocycles. The zero-order valence-electron chi connectivity index (χ0n) is 15.1. The molecule has 0 bridgehead atoms. The Hall–Kier alpha value is -2.51. The van der Waals surface area contributed by atoms with Crippen molar-refractivity contribution in [3.63, 3.8) is 0 Å². The number of aryl methyl sites for hydroxylation is 2. The van der Waals surface area contributed by atoms with Crippen molar-refractivity contribution in [3.05, 3.63) is 46.6 Å². The van der Waals surface area contributed by atoms with Crippen LogP contribution in [0.4, 0.5) is 0 Å². The summed E-state index contributed by atoms with van der Waals surface area (Å²) in [7, 11) is 0. The lowest BCUT2D eigenvalue weighted by Crippen LogP contribution is -2.40. The van der Waals surface area contributed by atoms with Gasteiger partial charge >= 0.3 is 0 Å². The van der Waals surface area contributed by atoms with Crippen LogP contribution in [0.3, 0.4) is 0 Å². The Kier molecular flexibility index (Phi) is 7.50. The van der Waals surface area contributed by atoms with Gasteiger partial charge in [-0.15, -0.1) is 0 Å². The van der Waals surface area contributed by atoms with E-state index in [1.54, 1.807) is 12.1 Å². The summed E-state index contributed by atoms with van der Waals surface area (Å²) in [6.45, 7) is 3.36. The van der Waals surface area contributed by atoms with E-state index in [2.05, 4.69) is 22.4 Å². The van der Waals surface area contributed by atoms with Crippen molar-refractivity contribution >= 4 is 18.1 Å². The lowest BCUT2D eigenvalue weighted by molar-refractivity contribution is 0.0879. The molecule has 0 aromatic carbocycles. The molecule has 0 spiro atoms. The maximum Gasteiger partial charge on any atom is 0.253 e. The molecule has 7 heteroatoms. The first-order chi connectivity index (χ1) is 12.6. The predicted octanol–water partition coefficient (Wildman–Crippen LogP) is 1.97. The molecule has 0 saturated heterocycles. The minimum absolute atomic E-state index is 0.324. The van der Waals surface area contributed by atoms with Crippen molar-refractivity contribution in [1.29, 1.82) is 0 Å². The number of aromatic nitrogens is 2. The topological polar surface area (TPSA) is 108 Å². The van der Waals surface area contributed by atoms with Crippen molar-refractivity contribution in [2.24, 2.45) is 0 Å². The van der Waals surface area contributed by atoms with Crippen LogP contribution < -0.4 is 5.32 Å². The second kappa shape index (κ2) is 9.84. The number of carbonyl (C=O) groups excluding carboxylic acids is 1. The molecule has 1 amide bonds. The van der Waals surface area contributed by atoms with Crippen molar-refractivity contribution < 1.29 is 19.5 Å².